The Morgan fingerprint density at radius 1 is 1.13 bits per heavy atom. The van der Waals surface area contributed by atoms with Gasteiger partial charge in [0.15, 0.2) is 5.78 Å². The van der Waals surface area contributed by atoms with Crippen molar-refractivity contribution in [3.05, 3.63) is 47.1 Å². The molecule has 0 radical (unpaired) electrons. The summed E-state index contributed by atoms with van der Waals surface area (Å²) < 4.78 is 0. The Morgan fingerprint density at radius 2 is 1.70 bits per heavy atom. The minimum Gasteiger partial charge on any atom is -0.450 e. The molecule has 0 spiro atoms. The van der Waals surface area contributed by atoms with E-state index in [2.05, 4.69) is 26.8 Å². The van der Waals surface area contributed by atoms with Gasteiger partial charge >= 0.3 is 6.16 Å². The van der Waals surface area contributed by atoms with Gasteiger partial charge in [-0.1, -0.05) is 41.5 Å². The minimum atomic E-state index is -1.83. The number of hydrogen-bond donors (Lipinski definition) is 3. The third kappa shape index (κ3) is 19.9. The highest BCUT2D eigenvalue weighted by Crippen LogP contribution is 2.09. The Kier molecular flexibility index (Phi) is 14.9. The van der Waals surface area contributed by atoms with Gasteiger partial charge < -0.3 is 15.3 Å². The normalized spacial score (nSPS) is 12.2. The van der Waals surface area contributed by atoms with Gasteiger partial charge in [0.1, 0.15) is 0 Å². The molecule has 0 bridgehead atoms. The van der Waals surface area contributed by atoms with E-state index in [-0.39, 0.29) is 12.4 Å². The standard InChI is InChI=1S/C10H18O.C7H8O.CH2O3/c1-9(2)5-4-6-10(3)7-8-11;1-6(8)7-4-2-3-5-7;2-1(3)4/h5,7,11H,4,6,8H2,1-3H3;2-4H,5H2,1H3;(H2,2,3,4)/b10-7+;;. The molecule has 0 saturated heterocycles. The number of carboxylic acid groups (broad SMARTS) is 2. The van der Waals surface area contributed by atoms with Crippen LogP contribution in [0.2, 0.25) is 0 Å². The Bertz CT molecular complexity index is 474. The Morgan fingerprint density at radius 3 is 2.00 bits per heavy atom. The van der Waals surface area contributed by atoms with Crippen LogP contribution in [-0.2, 0) is 4.79 Å². The molecule has 1 aliphatic carbocycles. The number of ketones is 1. The molecule has 1 rings (SSSR count). The summed E-state index contributed by atoms with van der Waals surface area (Å²) in [6, 6.07) is 0. The van der Waals surface area contributed by atoms with Crippen molar-refractivity contribution in [1.82, 2.24) is 0 Å². The summed E-state index contributed by atoms with van der Waals surface area (Å²) >= 11 is 0. The van der Waals surface area contributed by atoms with E-state index in [1.165, 1.54) is 11.1 Å². The van der Waals surface area contributed by atoms with E-state index >= 15 is 0 Å². The van der Waals surface area contributed by atoms with Crippen LogP contribution in [0.15, 0.2) is 47.1 Å². The van der Waals surface area contributed by atoms with Gasteiger partial charge in [-0.05, 0) is 52.5 Å². The highest BCUT2D eigenvalue weighted by atomic mass is 16.6. The first-order chi connectivity index (χ1) is 10.7. The number of allylic oxidation sites excluding steroid dienone is 7. The van der Waals surface area contributed by atoms with Crippen molar-refractivity contribution in [3.63, 3.8) is 0 Å². The maximum Gasteiger partial charge on any atom is 0.503 e. The van der Waals surface area contributed by atoms with E-state index < -0.39 is 6.16 Å². The first kappa shape index (κ1) is 23.1. The molecule has 0 aromatic rings. The molecule has 0 saturated carbocycles. The van der Waals surface area contributed by atoms with Gasteiger partial charge in [0.25, 0.3) is 0 Å². The quantitative estimate of drug-likeness (QED) is 0.653. The zero-order valence-electron chi connectivity index (χ0n) is 14.4. The molecule has 0 heterocycles. The summed E-state index contributed by atoms with van der Waals surface area (Å²) in [6.07, 6.45) is 11.0. The van der Waals surface area contributed by atoms with Gasteiger partial charge in [-0.25, -0.2) is 4.79 Å². The average molecular weight is 324 g/mol. The SMILES string of the molecule is CC(=O)C1=CC=CC1.CC(C)=CCC/C(C)=C/CO.O=C(O)O. The van der Waals surface area contributed by atoms with Crippen LogP contribution in [0.1, 0.15) is 47.0 Å². The fourth-order valence-corrected chi connectivity index (χ4v) is 1.55. The smallest absolute Gasteiger partial charge is 0.450 e. The second kappa shape index (κ2) is 14.8. The molecule has 5 heteroatoms. The van der Waals surface area contributed by atoms with E-state index in [0.29, 0.717) is 0 Å². The minimum absolute atomic E-state index is 0.167. The Hall–Kier alpha value is -2.14. The van der Waals surface area contributed by atoms with E-state index in [0.717, 1.165) is 24.8 Å². The van der Waals surface area contributed by atoms with E-state index in [9.17, 15) is 4.79 Å². The van der Waals surface area contributed by atoms with E-state index in [4.69, 9.17) is 20.1 Å². The van der Waals surface area contributed by atoms with Gasteiger partial charge in [0, 0.05) is 0 Å². The molecule has 23 heavy (non-hydrogen) atoms. The number of carbonyl (C=O) groups excluding carboxylic acids is 1. The second-order valence-corrected chi connectivity index (χ2v) is 5.22. The van der Waals surface area contributed by atoms with E-state index in [1.807, 2.05) is 24.3 Å². The monoisotopic (exact) mass is 324 g/mol. The van der Waals surface area contributed by atoms with Crippen LogP contribution in [0.25, 0.3) is 0 Å². The predicted octanol–water partition coefficient (Wildman–Crippen LogP) is 4.36. The molecule has 0 aromatic heterocycles. The lowest BCUT2D eigenvalue weighted by Crippen LogP contribution is -1.91. The molecule has 0 fully saturated rings. The Labute approximate surface area is 138 Å². The van der Waals surface area contributed by atoms with Crippen LogP contribution in [0, 0.1) is 0 Å². The Balaban J connectivity index is 0. The first-order valence-corrected chi connectivity index (χ1v) is 7.39. The number of hydrogen-bond acceptors (Lipinski definition) is 3. The summed E-state index contributed by atoms with van der Waals surface area (Å²) in [4.78, 5) is 19.1. The summed E-state index contributed by atoms with van der Waals surface area (Å²) in [6.45, 7) is 8.02. The third-order valence-electron chi connectivity index (χ3n) is 2.75. The molecular formula is C18H28O5. The maximum absolute atomic E-state index is 10.5. The molecule has 0 atom stereocenters. The largest absolute Gasteiger partial charge is 0.503 e. The highest BCUT2D eigenvalue weighted by Gasteiger charge is 2.02. The summed E-state index contributed by atoms with van der Waals surface area (Å²) in [7, 11) is 0. The van der Waals surface area contributed by atoms with Crippen molar-refractivity contribution >= 4 is 11.9 Å². The van der Waals surface area contributed by atoms with Crippen LogP contribution in [0.3, 0.4) is 0 Å². The predicted molar refractivity (Wildman–Crippen MR) is 92.7 cm³/mol. The topological polar surface area (TPSA) is 94.8 Å². The summed E-state index contributed by atoms with van der Waals surface area (Å²) in [5, 5.41) is 22.5. The number of aliphatic hydroxyl groups is 1. The van der Waals surface area contributed by atoms with Crippen molar-refractivity contribution in [2.24, 2.45) is 0 Å². The molecule has 130 valence electrons. The van der Waals surface area contributed by atoms with Gasteiger partial charge in [0.2, 0.25) is 0 Å². The van der Waals surface area contributed by atoms with Crippen LogP contribution in [0.4, 0.5) is 4.79 Å². The van der Waals surface area contributed by atoms with Gasteiger partial charge in [-0.3, -0.25) is 4.79 Å². The summed E-state index contributed by atoms with van der Waals surface area (Å²) in [5.41, 5.74) is 3.55. The molecule has 0 amide bonds. The van der Waals surface area contributed by atoms with Gasteiger partial charge in [-0.2, -0.15) is 0 Å². The van der Waals surface area contributed by atoms with Crippen molar-refractivity contribution < 1.29 is 24.9 Å². The number of carbonyl (C=O) groups is 2. The average Bonchev–Trinajstić information content (AvgIpc) is 2.92. The number of aliphatic hydroxyl groups excluding tert-OH is 1. The van der Waals surface area contributed by atoms with Crippen molar-refractivity contribution in [3.8, 4) is 0 Å². The molecule has 0 unspecified atom stereocenters. The zero-order valence-corrected chi connectivity index (χ0v) is 14.4. The van der Waals surface area contributed by atoms with Crippen molar-refractivity contribution in [2.45, 2.75) is 47.0 Å². The zero-order chi connectivity index (χ0) is 18.3. The lowest BCUT2D eigenvalue weighted by molar-refractivity contribution is -0.113. The van der Waals surface area contributed by atoms with E-state index in [1.54, 1.807) is 6.92 Å². The maximum atomic E-state index is 10.5. The third-order valence-corrected chi connectivity index (χ3v) is 2.75. The molecule has 3 N–H and O–H groups in total. The summed E-state index contributed by atoms with van der Waals surface area (Å²) in [5.74, 6) is 0.190. The lowest BCUT2D eigenvalue weighted by Gasteiger charge is -1.96. The van der Waals surface area contributed by atoms with Crippen LogP contribution in [-0.4, -0.2) is 33.9 Å². The second-order valence-electron chi connectivity index (χ2n) is 5.22. The molecule has 0 aliphatic heterocycles. The number of rotatable bonds is 5. The van der Waals surface area contributed by atoms with Gasteiger partial charge in [0.05, 0.1) is 6.61 Å². The molecule has 1 aliphatic rings. The molecule has 0 aromatic carbocycles. The van der Waals surface area contributed by atoms with Gasteiger partial charge in [-0.15, -0.1) is 0 Å². The first-order valence-electron chi connectivity index (χ1n) is 7.39. The lowest BCUT2D eigenvalue weighted by atomic mass is 10.1. The van der Waals surface area contributed by atoms with Crippen LogP contribution >= 0.6 is 0 Å². The van der Waals surface area contributed by atoms with Crippen LogP contribution < -0.4 is 0 Å². The molecule has 5 nitrogen and oxygen atoms in total. The highest BCUT2D eigenvalue weighted by molar-refractivity contribution is 5.94. The fraction of sp³-hybridized carbons (Fsp3) is 0.444. The fourth-order valence-electron chi connectivity index (χ4n) is 1.55. The number of Topliss-reactive ketones (excluding diaryl/α,β-unsaturated/α-hetero) is 1. The van der Waals surface area contributed by atoms with Crippen LogP contribution in [0.5, 0.6) is 0 Å². The molecular weight excluding hydrogens is 296 g/mol. The van der Waals surface area contributed by atoms with Crippen molar-refractivity contribution in [1.29, 1.82) is 0 Å². The van der Waals surface area contributed by atoms with Crippen molar-refractivity contribution in [2.75, 3.05) is 6.61 Å².